The van der Waals surface area contributed by atoms with E-state index in [-0.39, 0.29) is 0 Å². The summed E-state index contributed by atoms with van der Waals surface area (Å²) in [5.41, 5.74) is 8.83. The van der Waals surface area contributed by atoms with Crippen molar-refractivity contribution in [1.29, 1.82) is 0 Å². The van der Waals surface area contributed by atoms with Gasteiger partial charge in [0.2, 0.25) is 5.95 Å². The highest BCUT2D eigenvalue weighted by Gasteiger charge is 2.06. The van der Waals surface area contributed by atoms with Crippen LogP contribution in [0.3, 0.4) is 0 Å². The number of fused-ring (bicyclic) bond motifs is 1. The molecule has 0 radical (unpaired) electrons. The maximum absolute atomic E-state index is 5.87. The molecule has 0 saturated heterocycles. The second-order valence-corrected chi connectivity index (χ2v) is 5.00. The van der Waals surface area contributed by atoms with Gasteiger partial charge in [0.15, 0.2) is 5.82 Å². The molecule has 1 aromatic carbocycles. The lowest BCUT2D eigenvalue weighted by Crippen LogP contribution is -1.97. The molecule has 0 aliphatic carbocycles. The van der Waals surface area contributed by atoms with Crippen molar-refractivity contribution in [1.82, 2.24) is 25.1 Å². The van der Waals surface area contributed by atoms with Crippen molar-refractivity contribution in [3.05, 3.63) is 55.0 Å². The van der Waals surface area contributed by atoms with Crippen molar-refractivity contribution in [3.8, 4) is 11.1 Å². The average molecular weight is 303 g/mol. The summed E-state index contributed by atoms with van der Waals surface area (Å²) in [5, 5.41) is 10.9. The summed E-state index contributed by atoms with van der Waals surface area (Å²) in [6.07, 6.45) is 5.09. The summed E-state index contributed by atoms with van der Waals surface area (Å²) in [4.78, 5) is 12.6. The normalized spacial score (nSPS) is 10.8. The van der Waals surface area contributed by atoms with Crippen LogP contribution < -0.4 is 11.1 Å². The zero-order chi connectivity index (χ0) is 15.6. The molecule has 3 aromatic heterocycles. The first-order valence-corrected chi connectivity index (χ1v) is 7.04. The third-order valence-corrected chi connectivity index (χ3v) is 3.49. The van der Waals surface area contributed by atoms with E-state index in [2.05, 4.69) is 30.5 Å². The SMILES string of the molecule is Nc1n[nH]c2ccc(-c3ccnc(Nc4ncccn4)c3)cc12. The van der Waals surface area contributed by atoms with Gasteiger partial charge in [-0.1, -0.05) is 6.07 Å². The number of nitrogens with one attached hydrogen (secondary N) is 2. The number of H-pyrrole nitrogens is 1. The number of anilines is 3. The molecule has 4 aromatic rings. The largest absolute Gasteiger partial charge is 0.382 e. The number of hydrogen-bond donors (Lipinski definition) is 3. The molecule has 4 rings (SSSR count). The van der Waals surface area contributed by atoms with E-state index in [1.807, 2.05) is 30.3 Å². The third-order valence-electron chi connectivity index (χ3n) is 3.49. The molecule has 23 heavy (non-hydrogen) atoms. The van der Waals surface area contributed by atoms with Crippen molar-refractivity contribution in [3.63, 3.8) is 0 Å². The molecular weight excluding hydrogens is 290 g/mol. The van der Waals surface area contributed by atoms with Gasteiger partial charge in [-0.05, 0) is 41.5 Å². The van der Waals surface area contributed by atoms with Gasteiger partial charge in [0.1, 0.15) is 5.82 Å². The van der Waals surface area contributed by atoms with E-state index in [1.165, 1.54) is 0 Å². The van der Waals surface area contributed by atoms with Crippen LogP contribution in [-0.4, -0.2) is 25.1 Å². The summed E-state index contributed by atoms with van der Waals surface area (Å²) in [6.45, 7) is 0. The molecule has 0 unspecified atom stereocenters. The Morgan fingerprint density at radius 1 is 0.913 bits per heavy atom. The van der Waals surface area contributed by atoms with Gasteiger partial charge in [0, 0.05) is 24.0 Å². The second-order valence-electron chi connectivity index (χ2n) is 5.00. The van der Waals surface area contributed by atoms with Gasteiger partial charge in [-0.3, -0.25) is 5.10 Å². The number of aromatic nitrogens is 5. The predicted octanol–water partition coefficient (Wildman–Crippen LogP) is 2.74. The fourth-order valence-corrected chi connectivity index (χ4v) is 2.37. The van der Waals surface area contributed by atoms with Gasteiger partial charge in [-0.25, -0.2) is 15.0 Å². The molecule has 112 valence electrons. The van der Waals surface area contributed by atoms with E-state index in [4.69, 9.17) is 5.73 Å². The first-order valence-electron chi connectivity index (χ1n) is 7.04. The van der Waals surface area contributed by atoms with Gasteiger partial charge < -0.3 is 11.1 Å². The highest BCUT2D eigenvalue weighted by molar-refractivity contribution is 5.92. The van der Waals surface area contributed by atoms with Crippen LogP contribution in [0.5, 0.6) is 0 Å². The van der Waals surface area contributed by atoms with Crippen LogP contribution in [0, 0.1) is 0 Å². The number of hydrogen-bond acceptors (Lipinski definition) is 6. The number of nitrogen functional groups attached to an aromatic ring is 1. The van der Waals surface area contributed by atoms with Crippen molar-refractivity contribution in [2.45, 2.75) is 0 Å². The minimum atomic E-state index is 0.493. The monoisotopic (exact) mass is 303 g/mol. The Balaban J connectivity index is 1.70. The topological polar surface area (TPSA) is 105 Å². The first-order chi connectivity index (χ1) is 11.3. The molecule has 0 amide bonds. The highest BCUT2D eigenvalue weighted by Crippen LogP contribution is 2.27. The number of nitrogens with zero attached hydrogens (tertiary/aromatic N) is 4. The maximum atomic E-state index is 5.87. The number of pyridine rings is 1. The average Bonchev–Trinajstić information content (AvgIpc) is 2.97. The van der Waals surface area contributed by atoms with E-state index in [9.17, 15) is 0 Å². The lowest BCUT2D eigenvalue weighted by molar-refractivity contribution is 1.13. The Kier molecular flexibility index (Phi) is 3.09. The minimum Gasteiger partial charge on any atom is -0.382 e. The Morgan fingerprint density at radius 3 is 2.61 bits per heavy atom. The highest BCUT2D eigenvalue weighted by atomic mass is 15.1. The van der Waals surface area contributed by atoms with Gasteiger partial charge in [0.25, 0.3) is 0 Å². The zero-order valence-electron chi connectivity index (χ0n) is 12.1. The molecular formula is C16H13N7. The zero-order valence-corrected chi connectivity index (χ0v) is 12.1. The lowest BCUT2D eigenvalue weighted by Gasteiger charge is -2.06. The summed E-state index contributed by atoms with van der Waals surface area (Å²) in [5.74, 6) is 1.67. The Morgan fingerprint density at radius 2 is 1.74 bits per heavy atom. The Hall–Kier alpha value is -3.48. The second kappa shape index (κ2) is 5.38. The van der Waals surface area contributed by atoms with Crippen LogP contribution in [0.25, 0.3) is 22.0 Å². The number of aromatic amines is 1. The van der Waals surface area contributed by atoms with E-state index in [0.717, 1.165) is 22.0 Å². The van der Waals surface area contributed by atoms with Crippen LogP contribution in [-0.2, 0) is 0 Å². The van der Waals surface area contributed by atoms with Crippen LogP contribution in [0.15, 0.2) is 55.0 Å². The van der Waals surface area contributed by atoms with E-state index in [0.29, 0.717) is 17.6 Å². The molecule has 0 aliphatic heterocycles. The van der Waals surface area contributed by atoms with E-state index >= 15 is 0 Å². The standard InChI is InChI=1S/C16H13N7/c17-15-12-8-10(2-3-13(12)22-23-15)11-4-7-18-14(9-11)21-16-19-5-1-6-20-16/h1-9H,(H3,17,22,23)(H,18,19,20,21). The van der Waals surface area contributed by atoms with Crippen LogP contribution >= 0.6 is 0 Å². The van der Waals surface area contributed by atoms with Crippen LogP contribution in [0.4, 0.5) is 17.6 Å². The molecule has 7 nitrogen and oxygen atoms in total. The van der Waals surface area contributed by atoms with Gasteiger partial charge in [0.05, 0.1) is 5.52 Å². The number of rotatable bonds is 3. The smallest absolute Gasteiger partial charge is 0.228 e. The molecule has 7 heteroatoms. The van der Waals surface area contributed by atoms with Gasteiger partial charge in [-0.15, -0.1) is 0 Å². The van der Waals surface area contributed by atoms with Crippen LogP contribution in [0.2, 0.25) is 0 Å². The molecule has 0 saturated carbocycles. The summed E-state index contributed by atoms with van der Waals surface area (Å²) < 4.78 is 0. The van der Waals surface area contributed by atoms with Gasteiger partial charge >= 0.3 is 0 Å². The quantitative estimate of drug-likeness (QED) is 0.537. The minimum absolute atomic E-state index is 0.493. The third kappa shape index (κ3) is 2.55. The number of nitrogens with two attached hydrogens (primary N) is 1. The van der Waals surface area contributed by atoms with Crippen molar-refractivity contribution in [2.75, 3.05) is 11.1 Å². The summed E-state index contributed by atoms with van der Waals surface area (Å²) in [6, 6.07) is 11.6. The van der Waals surface area contributed by atoms with Crippen molar-refractivity contribution >= 4 is 28.5 Å². The molecule has 0 aliphatic rings. The van der Waals surface area contributed by atoms with Crippen LogP contribution in [0.1, 0.15) is 0 Å². The molecule has 4 N–H and O–H groups in total. The molecule has 3 heterocycles. The van der Waals surface area contributed by atoms with Gasteiger partial charge in [-0.2, -0.15) is 5.10 Å². The number of benzene rings is 1. The fraction of sp³-hybridized carbons (Fsp3) is 0. The molecule has 0 fully saturated rings. The summed E-state index contributed by atoms with van der Waals surface area (Å²) >= 11 is 0. The fourth-order valence-electron chi connectivity index (χ4n) is 2.37. The predicted molar refractivity (Wildman–Crippen MR) is 89.1 cm³/mol. The van der Waals surface area contributed by atoms with Crippen molar-refractivity contribution in [2.24, 2.45) is 0 Å². The summed E-state index contributed by atoms with van der Waals surface area (Å²) in [7, 11) is 0. The molecule has 0 atom stereocenters. The van der Waals surface area contributed by atoms with E-state index in [1.54, 1.807) is 24.7 Å². The maximum Gasteiger partial charge on any atom is 0.228 e. The molecule has 0 bridgehead atoms. The van der Waals surface area contributed by atoms with Crippen molar-refractivity contribution < 1.29 is 0 Å². The Labute approximate surface area is 131 Å². The Bertz CT molecular complexity index is 963. The lowest BCUT2D eigenvalue weighted by atomic mass is 10.0. The molecule has 0 spiro atoms. The first kappa shape index (κ1) is 13.2. The van der Waals surface area contributed by atoms with E-state index < -0.39 is 0 Å².